The molecule has 0 saturated heterocycles. The van der Waals surface area contributed by atoms with Crippen LogP contribution in [-0.2, 0) is 0 Å². The van der Waals surface area contributed by atoms with E-state index in [9.17, 15) is 0 Å². The summed E-state index contributed by atoms with van der Waals surface area (Å²) in [7, 11) is 0. The van der Waals surface area contributed by atoms with Crippen LogP contribution in [0.25, 0.3) is 105 Å². The van der Waals surface area contributed by atoms with Crippen LogP contribution in [0.2, 0.25) is 0 Å². The van der Waals surface area contributed by atoms with Gasteiger partial charge in [-0.15, -0.1) is 0 Å². The third kappa shape index (κ3) is 4.79. The maximum absolute atomic E-state index is 2.47. The predicted octanol–water partition coefficient (Wildman–Crippen LogP) is 14.3. The number of para-hydroxylation sites is 3. The van der Waals surface area contributed by atoms with Crippen molar-refractivity contribution in [2.75, 3.05) is 0 Å². The van der Waals surface area contributed by atoms with Gasteiger partial charge in [0.05, 0.1) is 33.1 Å². The van der Waals surface area contributed by atoms with Crippen molar-refractivity contribution in [3.63, 3.8) is 0 Å². The average Bonchev–Trinajstić information content (AvgIpc) is 3.93. The molecular weight excluding hydrogens is 691 g/mol. The Kier molecular flexibility index (Phi) is 6.93. The van der Waals surface area contributed by atoms with Crippen LogP contribution in [0, 0.1) is 0 Å². The maximum Gasteiger partial charge on any atom is 0.0641 e. The molecule has 3 heterocycles. The van der Waals surface area contributed by atoms with E-state index in [4.69, 9.17) is 0 Å². The van der Waals surface area contributed by atoms with E-state index in [-0.39, 0.29) is 0 Å². The van der Waals surface area contributed by atoms with Crippen molar-refractivity contribution < 1.29 is 0 Å². The molecule has 0 N–H and O–H groups in total. The summed E-state index contributed by atoms with van der Waals surface area (Å²) in [6, 6.07) is 77.3. The van der Waals surface area contributed by atoms with Crippen molar-refractivity contribution in [2.24, 2.45) is 0 Å². The van der Waals surface area contributed by atoms with Gasteiger partial charge >= 0.3 is 0 Å². The second kappa shape index (κ2) is 12.5. The second-order valence-corrected chi connectivity index (χ2v) is 14.9. The summed E-state index contributed by atoms with van der Waals surface area (Å²) >= 11 is 0. The zero-order valence-corrected chi connectivity index (χ0v) is 31.0. The molecule has 3 heteroatoms. The first-order valence-corrected chi connectivity index (χ1v) is 19.6. The van der Waals surface area contributed by atoms with E-state index < -0.39 is 0 Å². The quantitative estimate of drug-likeness (QED) is 0.168. The molecule has 0 fully saturated rings. The molecule has 3 nitrogen and oxygen atoms in total. The Morgan fingerprint density at radius 2 is 0.632 bits per heavy atom. The molecule has 9 aromatic carbocycles. The van der Waals surface area contributed by atoms with Gasteiger partial charge in [-0.1, -0.05) is 146 Å². The smallest absolute Gasteiger partial charge is 0.0641 e. The molecular formula is C54H35N3. The minimum absolute atomic E-state index is 1.14. The van der Waals surface area contributed by atoms with Crippen LogP contribution in [0.15, 0.2) is 212 Å². The highest BCUT2D eigenvalue weighted by atomic mass is 15.0. The Balaban J connectivity index is 1.08. The van der Waals surface area contributed by atoms with E-state index in [1.807, 2.05) is 0 Å². The highest BCUT2D eigenvalue weighted by Crippen LogP contribution is 2.43. The molecule has 0 aliphatic rings. The molecule has 0 aliphatic carbocycles. The van der Waals surface area contributed by atoms with Gasteiger partial charge in [0.25, 0.3) is 0 Å². The van der Waals surface area contributed by atoms with Crippen LogP contribution in [-0.4, -0.2) is 13.7 Å². The summed E-state index contributed by atoms with van der Waals surface area (Å²) in [5, 5.41) is 7.48. The molecule has 12 aromatic rings. The Labute approximate surface area is 329 Å². The van der Waals surface area contributed by atoms with Crippen LogP contribution in [0.3, 0.4) is 0 Å². The minimum Gasteiger partial charge on any atom is -0.309 e. The number of nitrogens with zero attached hydrogens (tertiary/aromatic N) is 3. The van der Waals surface area contributed by atoms with Crippen LogP contribution in [0.5, 0.6) is 0 Å². The molecule has 0 atom stereocenters. The molecule has 0 aliphatic heterocycles. The predicted molar refractivity (Wildman–Crippen MR) is 240 cm³/mol. The Morgan fingerprint density at radius 1 is 0.228 bits per heavy atom. The van der Waals surface area contributed by atoms with Gasteiger partial charge in [0.1, 0.15) is 0 Å². The van der Waals surface area contributed by atoms with Gasteiger partial charge in [-0.25, -0.2) is 0 Å². The van der Waals surface area contributed by atoms with Crippen molar-refractivity contribution in [1.82, 2.24) is 13.7 Å². The van der Waals surface area contributed by atoms with E-state index in [0.29, 0.717) is 0 Å². The lowest BCUT2D eigenvalue weighted by Gasteiger charge is -2.12. The fourth-order valence-electron chi connectivity index (χ4n) is 9.30. The number of hydrogen-bond acceptors (Lipinski definition) is 0. The highest BCUT2D eigenvalue weighted by Gasteiger charge is 2.22. The molecule has 3 aromatic heterocycles. The SMILES string of the molecule is c1ccc(-c2ccc(-n3c4ccccc4c4cc(-n5c6ccccc6c6c5ccc5c7ccccc7n(-c7ccc(-c8ccccc8)cc7)c56)ccc43)cc2)cc1. The number of benzene rings is 9. The molecule has 57 heavy (non-hydrogen) atoms. The molecule has 0 radical (unpaired) electrons. The fraction of sp³-hybridized carbons (Fsp3) is 0. The number of fused-ring (bicyclic) bond motifs is 10. The van der Waals surface area contributed by atoms with Crippen LogP contribution < -0.4 is 0 Å². The van der Waals surface area contributed by atoms with Gasteiger partial charge in [-0.3, -0.25) is 0 Å². The molecule has 266 valence electrons. The number of hydrogen-bond donors (Lipinski definition) is 0. The standard InChI is InChI=1S/C54H35N3/c1-3-13-36(14-4-1)38-23-27-40(28-24-38)55-48-20-10-8-18-44(48)47-35-42(31-33-51(47)55)56-50-22-12-9-19-46(50)53-52(56)34-32-45-43-17-7-11-21-49(43)57(54(45)53)41-29-25-39(26-30-41)37-15-5-2-6-16-37/h1-35H. The van der Waals surface area contributed by atoms with Gasteiger partial charge in [0.2, 0.25) is 0 Å². The number of aromatic nitrogens is 3. The fourth-order valence-corrected chi connectivity index (χ4v) is 9.30. The van der Waals surface area contributed by atoms with E-state index in [1.54, 1.807) is 0 Å². The lowest BCUT2D eigenvalue weighted by Crippen LogP contribution is -1.96. The van der Waals surface area contributed by atoms with Crippen molar-refractivity contribution in [2.45, 2.75) is 0 Å². The Bertz CT molecular complexity index is 3470. The largest absolute Gasteiger partial charge is 0.309 e. The van der Waals surface area contributed by atoms with E-state index in [0.717, 1.165) is 17.1 Å². The summed E-state index contributed by atoms with van der Waals surface area (Å²) in [4.78, 5) is 0. The molecule has 12 rings (SSSR count). The summed E-state index contributed by atoms with van der Waals surface area (Å²) in [6.07, 6.45) is 0. The van der Waals surface area contributed by atoms with Crippen LogP contribution >= 0.6 is 0 Å². The lowest BCUT2D eigenvalue weighted by atomic mass is 10.1. The molecule has 0 saturated carbocycles. The second-order valence-electron chi connectivity index (χ2n) is 14.9. The van der Waals surface area contributed by atoms with Gasteiger partial charge in [0.15, 0.2) is 0 Å². The van der Waals surface area contributed by atoms with Crippen LogP contribution in [0.4, 0.5) is 0 Å². The third-order valence-corrected chi connectivity index (χ3v) is 11.8. The summed E-state index contributed by atoms with van der Waals surface area (Å²) < 4.78 is 7.34. The van der Waals surface area contributed by atoms with Crippen molar-refractivity contribution in [3.8, 4) is 39.3 Å². The first-order valence-electron chi connectivity index (χ1n) is 19.6. The number of rotatable bonds is 5. The monoisotopic (exact) mass is 725 g/mol. The average molecular weight is 726 g/mol. The zero-order chi connectivity index (χ0) is 37.5. The van der Waals surface area contributed by atoms with Gasteiger partial charge in [-0.05, 0) is 89.0 Å². The van der Waals surface area contributed by atoms with Gasteiger partial charge in [0, 0.05) is 49.4 Å². The van der Waals surface area contributed by atoms with Crippen molar-refractivity contribution in [3.05, 3.63) is 212 Å². The maximum atomic E-state index is 2.47. The summed E-state index contributed by atoms with van der Waals surface area (Å²) in [5.74, 6) is 0. The topological polar surface area (TPSA) is 14.8 Å². The van der Waals surface area contributed by atoms with Gasteiger partial charge < -0.3 is 13.7 Å². The first kappa shape index (κ1) is 31.7. The normalized spacial score (nSPS) is 11.9. The van der Waals surface area contributed by atoms with Crippen LogP contribution in [0.1, 0.15) is 0 Å². The Morgan fingerprint density at radius 3 is 1.25 bits per heavy atom. The van der Waals surface area contributed by atoms with E-state index in [1.165, 1.54) is 87.7 Å². The zero-order valence-electron chi connectivity index (χ0n) is 31.0. The van der Waals surface area contributed by atoms with E-state index >= 15 is 0 Å². The van der Waals surface area contributed by atoms with Crippen molar-refractivity contribution in [1.29, 1.82) is 0 Å². The van der Waals surface area contributed by atoms with E-state index in [2.05, 4.69) is 226 Å². The van der Waals surface area contributed by atoms with Crippen molar-refractivity contribution >= 4 is 65.4 Å². The Hall–Kier alpha value is -7.62. The summed E-state index contributed by atoms with van der Waals surface area (Å²) in [6.45, 7) is 0. The summed E-state index contributed by atoms with van der Waals surface area (Å²) in [5.41, 5.74) is 15.5. The minimum atomic E-state index is 1.14. The molecule has 0 amide bonds. The molecule has 0 spiro atoms. The first-order chi connectivity index (χ1) is 28.3. The molecule has 0 unspecified atom stereocenters. The third-order valence-electron chi connectivity index (χ3n) is 11.8. The highest BCUT2D eigenvalue weighted by molar-refractivity contribution is 6.26. The van der Waals surface area contributed by atoms with Gasteiger partial charge in [-0.2, -0.15) is 0 Å². The molecule has 0 bridgehead atoms. The lowest BCUT2D eigenvalue weighted by molar-refractivity contribution is 1.16.